The number of piperazine rings is 1. The summed E-state index contributed by atoms with van der Waals surface area (Å²) in [5, 5.41) is 9.65. The number of fused-ring (bicyclic) bond motifs is 1. The smallest absolute Gasteiger partial charge is 0.306 e. The summed E-state index contributed by atoms with van der Waals surface area (Å²) in [7, 11) is 2.12. The number of hydrazone groups is 1. The molecule has 1 unspecified atom stereocenters. The fourth-order valence-electron chi connectivity index (χ4n) is 4.52. The molecule has 34 heavy (non-hydrogen) atoms. The Labute approximate surface area is 201 Å². The molecule has 1 fully saturated rings. The summed E-state index contributed by atoms with van der Waals surface area (Å²) in [5.74, 6) is 0.0836. The Morgan fingerprint density at radius 2 is 1.85 bits per heavy atom. The number of carbonyl (C=O) groups is 2. The monoisotopic (exact) mass is 462 g/mol. The molecule has 1 aliphatic heterocycles. The van der Waals surface area contributed by atoms with E-state index in [4.69, 9.17) is 4.74 Å². The van der Waals surface area contributed by atoms with Gasteiger partial charge in [0.25, 0.3) is 5.91 Å². The van der Waals surface area contributed by atoms with E-state index in [-0.39, 0.29) is 11.9 Å². The molecule has 4 rings (SSSR count). The highest BCUT2D eigenvalue weighted by molar-refractivity contribution is 6.04. The first-order valence-electron chi connectivity index (χ1n) is 12.2. The minimum atomic E-state index is -0.126. The van der Waals surface area contributed by atoms with Gasteiger partial charge in [0, 0.05) is 43.9 Å². The first-order valence-corrected chi connectivity index (χ1v) is 12.2. The number of likely N-dealkylation sites (N-methyl/N-ethyl adjacent to an activating group) is 1. The van der Waals surface area contributed by atoms with Crippen LogP contribution in [-0.4, -0.2) is 67.8 Å². The molecule has 2 aromatic rings. The van der Waals surface area contributed by atoms with Crippen molar-refractivity contribution < 1.29 is 14.3 Å². The quantitative estimate of drug-likeness (QED) is 0.503. The highest BCUT2D eigenvalue weighted by atomic mass is 16.5. The number of esters is 1. The zero-order chi connectivity index (χ0) is 23.9. The largest absolute Gasteiger partial charge is 0.466 e. The first kappa shape index (κ1) is 24.0. The molecule has 1 heterocycles. The molecule has 7 heteroatoms. The molecule has 0 bridgehead atoms. The van der Waals surface area contributed by atoms with Crippen LogP contribution in [0.2, 0.25) is 0 Å². The van der Waals surface area contributed by atoms with Crippen LogP contribution in [0.5, 0.6) is 0 Å². The molecule has 0 aromatic heterocycles. The summed E-state index contributed by atoms with van der Waals surface area (Å²) in [4.78, 5) is 26.8. The maximum Gasteiger partial charge on any atom is 0.306 e. The summed E-state index contributed by atoms with van der Waals surface area (Å²) in [5.41, 5.74) is 4.88. The number of benzene rings is 2. The van der Waals surface area contributed by atoms with Crippen LogP contribution in [0.1, 0.15) is 46.8 Å². The van der Waals surface area contributed by atoms with Crippen LogP contribution in [0, 0.1) is 5.92 Å². The second-order valence-electron chi connectivity index (χ2n) is 9.18. The molecule has 1 aliphatic carbocycles. The van der Waals surface area contributed by atoms with Gasteiger partial charge in [-0.3, -0.25) is 14.6 Å². The van der Waals surface area contributed by atoms with Gasteiger partial charge >= 0.3 is 5.97 Å². The van der Waals surface area contributed by atoms with Crippen LogP contribution in [0.25, 0.3) is 0 Å². The molecular formula is C27H34N4O3. The lowest BCUT2D eigenvalue weighted by Crippen LogP contribution is -2.41. The molecule has 2 aliphatic rings. The van der Waals surface area contributed by atoms with Gasteiger partial charge in [-0.1, -0.05) is 18.2 Å². The molecule has 1 atom stereocenters. The minimum Gasteiger partial charge on any atom is -0.466 e. The van der Waals surface area contributed by atoms with Crippen molar-refractivity contribution in [3.63, 3.8) is 0 Å². The Morgan fingerprint density at radius 1 is 1.09 bits per heavy atom. The first-order chi connectivity index (χ1) is 16.5. The van der Waals surface area contributed by atoms with Gasteiger partial charge in [-0.15, -0.1) is 0 Å². The molecule has 0 spiro atoms. The average Bonchev–Trinajstić information content (AvgIpc) is 2.84. The summed E-state index contributed by atoms with van der Waals surface area (Å²) in [6.45, 7) is 6.17. The van der Waals surface area contributed by atoms with Gasteiger partial charge in [-0.2, -0.15) is 5.10 Å². The third kappa shape index (κ3) is 6.44. The minimum absolute atomic E-state index is 0.114. The fourth-order valence-corrected chi connectivity index (χ4v) is 4.52. The van der Waals surface area contributed by atoms with Crippen molar-refractivity contribution >= 4 is 23.8 Å². The number of aryl methyl sites for hydroxylation is 1. The molecule has 1 N–H and O–H groups in total. The molecule has 1 amide bonds. The SMILES string of the molecule is CCOC(=O)CC1CCc2cc(NC(=O)c3ccc(/C=N/N4CCN(C)CC4)cc3)ccc2C1. The number of rotatable bonds is 7. The molecular weight excluding hydrogens is 428 g/mol. The lowest BCUT2D eigenvalue weighted by atomic mass is 9.82. The van der Waals surface area contributed by atoms with Crippen LogP contribution in [0.4, 0.5) is 5.69 Å². The van der Waals surface area contributed by atoms with Gasteiger partial charge in [0.1, 0.15) is 0 Å². The lowest BCUT2D eigenvalue weighted by molar-refractivity contribution is -0.144. The van der Waals surface area contributed by atoms with Crippen molar-refractivity contribution in [2.75, 3.05) is 45.2 Å². The van der Waals surface area contributed by atoms with Crippen molar-refractivity contribution in [3.8, 4) is 0 Å². The predicted molar refractivity (Wildman–Crippen MR) is 134 cm³/mol. The van der Waals surface area contributed by atoms with Gasteiger partial charge in [-0.25, -0.2) is 0 Å². The predicted octanol–water partition coefficient (Wildman–Crippen LogP) is 3.58. The van der Waals surface area contributed by atoms with Gasteiger partial charge in [0.2, 0.25) is 0 Å². The Hall–Kier alpha value is -3.19. The normalized spacial score (nSPS) is 18.5. The number of nitrogens with one attached hydrogen (secondary N) is 1. The standard InChI is InChI=1S/C27H34N4O3/c1-3-34-26(32)17-21-6-9-24-18-25(11-10-23(24)16-21)29-27(33)22-7-4-20(5-8-22)19-28-31-14-12-30(2)13-15-31/h4-5,7-8,10-11,18-19,21H,3,6,9,12-17H2,1-2H3,(H,29,33)/b28-19+. The zero-order valence-electron chi connectivity index (χ0n) is 20.1. The maximum atomic E-state index is 12.8. The highest BCUT2D eigenvalue weighted by Crippen LogP contribution is 2.30. The highest BCUT2D eigenvalue weighted by Gasteiger charge is 2.22. The van der Waals surface area contributed by atoms with E-state index in [0.29, 0.717) is 24.5 Å². The molecule has 180 valence electrons. The zero-order valence-corrected chi connectivity index (χ0v) is 20.1. The van der Waals surface area contributed by atoms with Crippen LogP contribution >= 0.6 is 0 Å². The number of hydrogen-bond donors (Lipinski definition) is 1. The Bertz CT molecular complexity index is 1030. The van der Waals surface area contributed by atoms with E-state index in [2.05, 4.69) is 39.5 Å². The molecule has 2 aromatic carbocycles. The maximum absolute atomic E-state index is 12.8. The lowest BCUT2D eigenvalue weighted by Gasteiger charge is -2.30. The summed E-state index contributed by atoms with van der Waals surface area (Å²) < 4.78 is 5.09. The number of hydrogen-bond acceptors (Lipinski definition) is 6. The van der Waals surface area contributed by atoms with Crippen molar-refractivity contribution in [2.24, 2.45) is 11.0 Å². The average molecular weight is 463 g/mol. The van der Waals surface area contributed by atoms with E-state index in [1.165, 1.54) is 11.1 Å². The molecule has 1 saturated heterocycles. The van der Waals surface area contributed by atoms with Crippen LogP contribution in [0.15, 0.2) is 47.6 Å². The van der Waals surface area contributed by atoms with Crippen molar-refractivity contribution in [1.82, 2.24) is 9.91 Å². The van der Waals surface area contributed by atoms with Crippen molar-refractivity contribution in [2.45, 2.75) is 32.6 Å². The van der Waals surface area contributed by atoms with E-state index in [9.17, 15) is 9.59 Å². The van der Waals surface area contributed by atoms with E-state index in [1.54, 1.807) is 0 Å². The van der Waals surface area contributed by atoms with Gasteiger partial charge in [0.15, 0.2) is 0 Å². The van der Waals surface area contributed by atoms with Crippen molar-refractivity contribution in [1.29, 1.82) is 0 Å². The van der Waals surface area contributed by atoms with E-state index >= 15 is 0 Å². The molecule has 0 radical (unpaired) electrons. The van der Waals surface area contributed by atoms with Crippen molar-refractivity contribution in [3.05, 3.63) is 64.7 Å². The third-order valence-electron chi connectivity index (χ3n) is 6.58. The van der Waals surface area contributed by atoms with Gasteiger partial charge in [-0.05, 0) is 80.1 Å². The van der Waals surface area contributed by atoms with Gasteiger partial charge in [0.05, 0.1) is 12.8 Å². The topological polar surface area (TPSA) is 74.2 Å². The second-order valence-corrected chi connectivity index (χ2v) is 9.18. The Kier molecular flexibility index (Phi) is 7.95. The number of anilines is 1. The Morgan fingerprint density at radius 3 is 2.59 bits per heavy atom. The van der Waals surface area contributed by atoms with E-state index < -0.39 is 0 Å². The summed E-state index contributed by atoms with van der Waals surface area (Å²) in [6, 6.07) is 13.6. The summed E-state index contributed by atoms with van der Waals surface area (Å²) >= 11 is 0. The van der Waals surface area contributed by atoms with Crippen LogP contribution in [-0.2, 0) is 22.4 Å². The molecule has 7 nitrogen and oxygen atoms in total. The van der Waals surface area contributed by atoms with Gasteiger partial charge < -0.3 is 15.0 Å². The third-order valence-corrected chi connectivity index (χ3v) is 6.58. The second kappa shape index (κ2) is 11.3. The number of amides is 1. The van der Waals surface area contributed by atoms with E-state index in [1.807, 2.05) is 43.5 Å². The fraction of sp³-hybridized carbons (Fsp3) is 0.444. The Balaban J connectivity index is 1.31. The van der Waals surface area contributed by atoms with Crippen LogP contribution < -0.4 is 5.32 Å². The number of carbonyl (C=O) groups excluding carboxylic acids is 2. The van der Waals surface area contributed by atoms with E-state index in [0.717, 1.165) is 56.7 Å². The summed E-state index contributed by atoms with van der Waals surface area (Å²) in [6.07, 6.45) is 5.07. The van der Waals surface area contributed by atoms with Crippen LogP contribution in [0.3, 0.4) is 0 Å². The number of nitrogens with zero attached hydrogens (tertiary/aromatic N) is 3. The molecule has 0 saturated carbocycles. The number of ether oxygens (including phenoxy) is 1.